The van der Waals surface area contributed by atoms with Crippen molar-refractivity contribution in [1.82, 2.24) is 10.4 Å². The molecular formula is C21H17N3O3S2. The first-order chi connectivity index (χ1) is 13.9. The second-order valence-electron chi connectivity index (χ2n) is 6.77. The van der Waals surface area contributed by atoms with Crippen molar-refractivity contribution in [2.45, 2.75) is 20.4 Å². The lowest BCUT2D eigenvalue weighted by atomic mass is 10.1. The zero-order chi connectivity index (χ0) is 20.7. The van der Waals surface area contributed by atoms with Gasteiger partial charge in [-0.05, 0) is 30.8 Å². The molecular weight excluding hydrogens is 406 g/mol. The van der Waals surface area contributed by atoms with Crippen LogP contribution in [0.25, 0.3) is 5.57 Å². The van der Waals surface area contributed by atoms with Gasteiger partial charge in [-0.15, -0.1) is 0 Å². The van der Waals surface area contributed by atoms with Gasteiger partial charge in [-0.2, -0.15) is 5.01 Å². The zero-order valence-corrected chi connectivity index (χ0v) is 17.4. The number of nitrogens with zero attached hydrogens (tertiary/aromatic N) is 2. The van der Waals surface area contributed by atoms with E-state index in [9.17, 15) is 14.4 Å². The van der Waals surface area contributed by atoms with Crippen LogP contribution in [0.5, 0.6) is 0 Å². The molecule has 1 N–H and O–H groups in total. The highest BCUT2D eigenvalue weighted by atomic mass is 32.2. The van der Waals surface area contributed by atoms with Crippen molar-refractivity contribution >= 4 is 57.3 Å². The van der Waals surface area contributed by atoms with E-state index < -0.39 is 11.8 Å². The van der Waals surface area contributed by atoms with Crippen molar-refractivity contribution < 1.29 is 14.4 Å². The molecule has 2 aromatic rings. The number of thioether (sulfide) groups is 1. The van der Waals surface area contributed by atoms with Gasteiger partial charge in [0.2, 0.25) is 5.91 Å². The molecule has 1 fully saturated rings. The number of amides is 3. The Kier molecular flexibility index (Phi) is 4.97. The standard InChI is InChI=1S/C21H17N3O3S2/c1-12-7-9-14(10-8-12)11-23-16-6-4-3-5-15(16)17(19(23)26)18-20(27)24(21(28)29-18)22-13(2)25/h3-10H,11H2,1-2H3,(H,22,25). The van der Waals surface area contributed by atoms with E-state index in [2.05, 4.69) is 5.43 Å². The Morgan fingerprint density at radius 3 is 2.45 bits per heavy atom. The largest absolute Gasteiger partial charge is 0.303 e. The summed E-state index contributed by atoms with van der Waals surface area (Å²) in [5.74, 6) is -1.16. The molecule has 0 unspecified atom stereocenters. The van der Waals surface area contributed by atoms with Crippen molar-refractivity contribution in [2.24, 2.45) is 0 Å². The third kappa shape index (κ3) is 3.45. The van der Waals surface area contributed by atoms with E-state index >= 15 is 0 Å². The highest BCUT2D eigenvalue weighted by Gasteiger charge is 2.42. The summed E-state index contributed by atoms with van der Waals surface area (Å²) in [7, 11) is 0. The van der Waals surface area contributed by atoms with Crippen LogP contribution >= 0.6 is 24.0 Å². The smallest absolute Gasteiger partial charge is 0.286 e. The van der Waals surface area contributed by atoms with Crippen molar-refractivity contribution in [3.05, 3.63) is 70.1 Å². The molecule has 2 aromatic carbocycles. The van der Waals surface area contributed by atoms with E-state index in [0.29, 0.717) is 17.7 Å². The van der Waals surface area contributed by atoms with Gasteiger partial charge in [-0.3, -0.25) is 19.8 Å². The molecule has 0 spiro atoms. The average Bonchev–Trinajstić information content (AvgIpc) is 3.11. The van der Waals surface area contributed by atoms with Crippen molar-refractivity contribution in [2.75, 3.05) is 4.90 Å². The number of carbonyl (C=O) groups excluding carboxylic acids is 3. The number of thiocarbonyl (C=S) groups is 1. The van der Waals surface area contributed by atoms with Gasteiger partial charge in [0.15, 0.2) is 4.32 Å². The van der Waals surface area contributed by atoms with Crippen molar-refractivity contribution in [1.29, 1.82) is 0 Å². The van der Waals surface area contributed by atoms with Crippen LogP contribution in [0.1, 0.15) is 23.6 Å². The maximum atomic E-state index is 13.4. The Labute approximate surface area is 177 Å². The molecule has 0 aliphatic carbocycles. The van der Waals surface area contributed by atoms with Crippen molar-refractivity contribution in [3.63, 3.8) is 0 Å². The molecule has 0 saturated carbocycles. The lowest BCUT2D eigenvalue weighted by molar-refractivity contribution is -0.132. The van der Waals surface area contributed by atoms with E-state index in [0.717, 1.165) is 33.6 Å². The molecule has 3 amide bonds. The molecule has 29 heavy (non-hydrogen) atoms. The van der Waals surface area contributed by atoms with Crippen molar-refractivity contribution in [3.8, 4) is 0 Å². The molecule has 2 heterocycles. The first-order valence-electron chi connectivity index (χ1n) is 8.91. The fourth-order valence-corrected chi connectivity index (χ4v) is 4.56. The van der Waals surface area contributed by atoms with E-state index in [1.807, 2.05) is 55.5 Å². The summed E-state index contributed by atoms with van der Waals surface area (Å²) < 4.78 is 0.190. The third-order valence-corrected chi connectivity index (χ3v) is 6.02. The van der Waals surface area contributed by atoms with Crippen LogP contribution in [0.3, 0.4) is 0 Å². The van der Waals surface area contributed by atoms with Gasteiger partial charge < -0.3 is 4.90 Å². The van der Waals surface area contributed by atoms with Gasteiger partial charge in [0.25, 0.3) is 11.8 Å². The van der Waals surface area contributed by atoms with E-state index in [4.69, 9.17) is 12.2 Å². The van der Waals surface area contributed by atoms with Gasteiger partial charge in [-0.25, -0.2) is 0 Å². The van der Waals surface area contributed by atoms with Gasteiger partial charge in [0.05, 0.1) is 22.7 Å². The molecule has 0 atom stereocenters. The van der Waals surface area contributed by atoms with Crippen LogP contribution in [0.15, 0.2) is 53.4 Å². The normalized spacial score (nSPS) is 18.5. The average molecular weight is 424 g/mol. The summed E-state index contributed by atoms with van der Waals surface area (Å²) in [4.78, 5) is 39.5. The first-order valence-corrected chi connectivity index (χ1v) is 10.1. The van der Waals surface area contributed by atoms with Gasteiger partial charge in [0, 0.05) is 12.5 Å². The minimum absolute atomic E-state index is 0.190. The molecule has 0 radical (unpaired) electrons. The number of benzene rings is 2. The Morgan fingerprint density at radius 1 is 1.07 bits per heavy atom. The summed E-state index contributed by atoms with van der Waals surface area (Å²) in [6.07, 6.45) is 0. The summed E-state index contributed by atoms with van der Waals surface area (Å²) in [6.45, 7) is 3.70. The van der Waals surface area contributed by atoms with Crippen LogP contribution in [0.4, 0.5) is 5.69 Å². The number of fused-ring (bicyclic) bond motifs is 1. The SMILES string of the molecule is CC(=O)NN1C(=O)C(=C2C(=O)N(Cc3ccc(C)cc3)c3ccccc32)SC1=S. The maximum Gasteiger partial charge on any atom is 0.286 e. The van der Waals surface area contributed by atoms with Gasteiger partial charge >= 0.3 is 0 Å². The highest BCUT2D eigenvalue weighted by molar-refractivity contribution is 8.26. The second-order valence-corrected chi connectivity index (χ2v) is 8.42. The number of aryl methyl sites for hydroxylation is 1. The minimum atomic E-state index is -0.495. The predicted molar refractivity (Wildman–Crippen MR) is 117 cm³/mol. The topological polar surface area (TPSA) is 69.7 Å². The quantitative estimate of drug-likeness (QED) is 0.607. The van der Waals surface area contributed by atoms with Crippen LogP contribution in [0.2, 0.25) is 0 Å². The monoisotopic (exact) mass is 423 g/mol. The maximum absolute atomic E-state index is 13.4. The number of hydrazine groups is 1. The lowest BCUT2D eigenvalue weighted by Crippen LogP contribution is -2.43. The van der Waals surface area contributed by atoms with Crippen LogP contribution in [0, 0.1) is 6.92 Å². The molecule has 4 rings (SSSR count). The fourth-order valence-electron chi connectivity index (χ4n) is 3.31. The molecule has 8 heteroatoms. The first kappa shape index (κ1) is 19.4. The zero-order valence-electron chi connectivity index (χ0n) is 15.8. The highest BCUT2D eigenvalue weighted by Crippen LogP contribution is 2.44. The van der Waals surface area contributed by atoms with E-state index in [-0.39, 0.29) is 15.1 Å². The van der Waals surface area contributed by atoms with E-state index in [1.54, 1.807) is 4.90 Å². The molecule has 2 aliphatic rings. The number of anilines is 1. The Bertz CT molecular complexity index is 1090. The Hall–Kier alpha value is -2.97. The number of para-hydroxylation sites is 1. The minimum Gasteiger partial charge on any atom is -0.303 e. The number of hydrogen-bond acceptors (Lipinski definition) is 5. The Balaban J connectivity index is 1.76. The lowest BCUT2D eigenvalue weighted by Gasteiger charge is -2.17. The van der Waals surface area contributed by atoms with Gasteiger partial charge in [0.1, 0.15) is 0 Å². The number of nitrogens with one attached hydrogen (secondary N) is 1. The van der Waals surface area contributed by atoms with Crippen LogP contribution in [-0.2, 0) is 20.9 Å². The number of hydrogen-bond donors (Lipinski definition) is 1. The summed E-state index contributed by atoms with van der Waals surface area (Å²) >= 11 is 6.25. The molecule has 146 valence electrons. The van der Waals surface area contributed by atoms with Crippen LogP contribution < -0.4 is 10.3 Å². The van der Waals surface area contributed by atoms with Gasteiger partial charge in [-0.1, -0.05) is 59.8 Å². The molecule has 0 aromatic heterocycles. The summed E-state index contributed by atoms with van der Waals surface area (Å²) in [5, 5.41) is 1.02. The third-order valence-electron chi connectivity index (χ3n) is 4.65. The number of carbonyl (C=O) groups is 3. The number of rotatable bonds is 3. The molecule has 6 nitrogen and oxygen atoms in total. The second kappa shape index (κ2) is 7.46. The molecule has 0 bridgehead atoms. The Morgan fingerprint density at radius 2 is 1.76 bits per heavy atom. The summed E-state index contributed by atoms with van der Waals surface area (Å²) in [5.41, 5.74) is 6.30. The fraction of sp³-hybridized carbons (Fsp3) is 0.143. The predicted octanol–water partition coefficient (Wildman–Crippen LogP) is 3.16. The molecule has 2 aliphatic heterocycles. The van der Waals surface area contributed by atoms with E-state index in [1.165, 1.54) is 6.92 Å². The van der Waals surface area contributed by atoms with Crippen LogP contribution in [-0.4, -0.2) is 27.1 Å². The summed E-state index contributed by atoms with van der Waals surface area (Å²) in [6, 6.07) is 15.4. The molecule has 1 saturated heterocycles.